The van der Waals surface area contributed by atoms with Crippen molar-refractivity contribution in [2.75, 3.05) is 19.8 Å². The van der Waals surface area contributed by atoms with Gasteiger partial charge in [-0.25, -0.2) is 0 Å². The minimum atomic E-state index is -1.88. The zero-order valence-electron chi connectivity index (χ0n) is 40.5. The van der Waals surface area contributed by atoms with Crippen LogP contribution in [-0.2, 0) is 42.7 Å². The molecule has 17 atom stereocenters. The van der Waals surface area contributed by atoms with Crippen LogP contribution in [0.5, 0.6) is 0 Å². The summed E-state index contributed by atoms with van der Waals surface area (Å²) in [5.74, 6) is -0.745. The van der Waals surface area contributed by atoms with Crippen LogP contribution in [0.25, 0.3) is 0 Å². The lowest BCUT2D eigenvalue weighted by Gasteiger charge is -2.46. The number of hydrogen-bond donors (Lipinski definition) is 10. The van der Waals surface area contributed by atoms with Gasteiger partial charge in [0, 0.05) is 6.42 Å². The number of aliphatic hydroxyl groups excluding tert-OH is 10. The summed E-state index contributed by atoms with van der Waals surface area (Å²) >= 11 is 0. The fourth-order valence-corrected chi connectivity index (χ4v) is 8.60. The molecular weight excluding hydrogens is 881 g/mol. The Bertz CT molecular complexity index is 1330. The first-order chi connectivity index (χ1) is 31.9. The van der Waals surface area contributed by atoms with E-state index < -0.39 is 124 Å². The molecule has 0 saturated carbocycles. The molecule has 10 N–H and O–H groups in total. The highest BCUT2D eigenvalue weighted by Gasteiger charge is 2.51. The third-order valence-corrected chi connectivity index (χ3v) is 13.0. The van der Waals surface area contributed by atoms with Crippen LogP contribution in [0.4, 0.5) is 0 Å². The molecule has 394 valence electrons. The van der Waals surface area contributed by atoms with Gasteiger partial charge in [-0.05, 0) is 51.4 Å². The van der Waals surface area contributed by atoms with Gasteiger partial charge in [-0.3, -0.25) is 9.59 Å². The number of Topliss-reactive ketones (excluding diaryl/α,β-unsaturated/α-hetero) is 1. The van der Waals surface area contributed by atoms with E-state index in [1.54, 1.807) is 0 Å². The minimum Gasteiger partial charge on any atom is -0.463 e. The summed E-state index contributed by atoms with van der Waals surface area (Å²) in [5.41, 5.74) is 0. The molecule has 0 aromatic rings. The van der Waals surface area contributed by atoms with Gasteiger partial charge >= 0.3 is 5.97 Å². The van der Waals surface area contributed by atoms with E-state index >= 15 is 0 Å². The van der Waals surface area contributed by atoms with E-state index in [1.165, 1.54) is 39.0 Å². The number of esters is 1. The Labute approximate surface area is 397 Å². The molecule has 3 saturated heterocycles. The molecule has 19 heteroatoms. The molecule has 2 unspecified atom stereocenters. The lowest BCUT2D eigenvalue weighted by Crippen LogP contribution is -2.64. The van der Waals surface area contributed by atoms with Crippen molar-refractivity contribution in [3.8, 4) is 0 Å². The van der Waals surface area contributed by atoms with E-state index in [4.69, 9.17) is 33.2 Å². The van der Waals surface area contributed by atoms with Gasteiger partial charge in [-0.2, -0.15) is 0 Å². The number of unbranched alkanes of at least 4 members (excludes halogenated alkanes) is 12. The highest BCUT2D eigenvalue weighted by molar-refractivity contribution is 5.79. The predicted molar refractivity (Wildman–Crippen MR) is 242 cm³/mol. The number of carbonyl (C=O) groups is 2. The Kier molecular flexibility index (Phi) is 29.0. The van der Waals surface area contributed by atoms with Gasteiger partial charge in [-0.15, -0.1) is 0 Å². The van der Waals surface area contributed by atoms with Crippen molar-refractivity contribution in [1.29, 1.82) is 0 Å². The predicted octanol–water partition coefficient (Wildman–Crippen LogP) is 2.19. The Morgan fingerprint density at radius 2 is 1.04 bits per heavy atom. The Balaban J connectivity index is 1.48. The van der Waals surface area contributed by atoms with Gasteiger partial charge < -0.3 is 84.2 Å². The van der Waals surface area contributed by atoms with Gasteiger partial charge in [0.05, 0.1) is 31.5 Å². The van der Waals surface area contributed by atoms with Gasteiger partial charge in [-0.1, -0.05) is 111 Å². The quantitative estimate of drug-likeness (QED) is 0.0327. The molecule has 3 heterocycles. The molecule has 3 rings (SSSR count). The second-order valence-corrected chi connectivity index (χ2v) is 19.4. The second-order valence-electron chi connectivity index (χ2n) is 19.4. The monoisotopic (exact) mass is 969 g/mol. The van der Waals surface area contributed by atoms with Crippen LogP contribution in [0.3, 0.4) is 0 Å². The third-order valence-electron chi connectivity index (χ3n) is 13.0. The summed E-state index contributed by atoms with van der Waals surface area (Å²) in [4.78, 5) is 23.3. The molecule has 0 aromatic carbocycles. The first-order valence-electron chi connectivity index (χ1n) is 25.3. The van der Waals surface area contributed by atoms with Crippen LogP contribution in [-0.4, -0.2) is 187 Å². The fourth-order valence-electron chi connectivity index (χ4n) is 8.60. The van der Waals surface area contributed by atoms with Gasteiger partial charge in [0.15, 0.2) is 24.7 Å². The zero-order chi connectivity index (χ0) is 49.5. The molecular formula is C48H88O19. The molecule has 0 aliphatic carbocycles. The van der Waals surface area contributed by atoms with E-state index in [0.29, 0.717) is 38.5 Å². The van der Waals surface area contributed by atoms with Gasteiger partial charge in [0.2, 0.25) is 0 Å². The summed E-state index contributed by atoms with van der Waals surface area (Å²) in [6, 6.07) is 0. The summed E-state index contributed by atoms with van der Waals surface area (Å²) in [7, 11) is 0. The average Bonchev–Trinajstić information content (AvgIpc) is 3.29. The summed E-state index contributed by atoms with van der Waals surface area (Å²) in [6.45, 7) is 5.85. The summed E-state index contributed by atoms with van der Waals surface area (Å²) in [6.07, 6.45) is -6.03. The van der Waals surface area contributed by atoms with Gasteiger partial charge in [0.1, 0.15) is 73.8 Å². The largest absolute Gasteiger partial charge is 0.463 e. The van der Waals surface area contributed by atoms with Crippen molar-refractivity contribution in [2.24, 2.45) is 5.92 Å². The normalized spacial score (nSPS) is 32.2. The van der Waals surface area contributed by atoms with Gasteiger partial charge in [0.25, 0.3) is 0 Å². The highest BCUT2D eigenvalue weighted by Crippen LogP contribution is 2.32. The minimum absolute atomic E-state index is 0.00919. The van der Waals surface area contributed by atoms with Crippen LogP contribution in [0.2, 0.25) is 0 Å². The van der Waals surface area contributed by atoms with Crippen LogP contribution >= 0.6 is 0 Å². The number of ketones is 1. The standard InChI is InChI=1S/C48H88O19/c1-5-6-20-31(21-19-24-34(52)33(51)23-18-16-14-12-10-8-7-9-11-13-15-17-22-32(50)30(4)49)64-47-44(39(56)35(53)26-62-47)67-48-45(40(57)36(54)27-63-48)66-46-43(60)42(59)41(58)37(65-46)28-61-38(55)25-29(2)3/h29,31-37,39-48,50-54,56-60H,5-28H2,1-4H3/t31?,32-,33?,34+,35+,36+,37+,39-,40-,41+,42-,43+,44+,45+,46-,47-,48-/m1/s1. The van der Waals surface area contributed by atoms with E-state index in [1.807, 2.05) is 20.8 Å². The topological polar surface area (TPSA) is 301 Å². The van der Waals surface area contributed by atoms with Crippen LogP contribution in [0.15, 0.2) is 0 Å². The molecule has 19 nitrogen and oxygen atoms in total. The molecule has 3 fully saturated rings. The number of aliphatic hydroxyl groups is 10. The van der Waals surface area contributed by atoms with Crippen LogP contribution in [0.1, 0.15) is 163 Å². The molecule has 3 aliphatic rings. The maximum atomic E-state index is 12.2. The Hall–Kier alpha value is -1.50. The Morgan fingerprint density at radius 3 is 1.58 bits per heavy atom. The van der Waals surface area contributed by atoms with Crippen LogP contribution < -0.4 is 0 Å². The SMILES string of the molecule is CCCCC(CCC[C@H](O)C(O)CCCCCCCCCCCCCC[C@@H](O)C(C)=O)O[C@H]1OC[C@H](O)[C@@H](O)[C@@H]1O[C@H]1OC[C@H](O)[C@@H](O)[C@@H]1O[C@H]1O[C@@H](COC(=O)CC(C)C)[C@H](O)[C@@H](O)[C@@H]1O. The maximum absolute atomic E-state index is 12.2. The first-order valence-corrected chi connectivity index (χ1v) is 25.3. The fraction of sp³-hybridized carbons (Fsp3) is 0.958. The second kappa shape index (κ2) is 32.5. The Morgan fingerprint density at radius 1 is 0.567 bits per heavy atom. The molecule has 0 spiro atoms. The number of carbonyl (C=O) groups excluding carboxylic acids is 2. The maximum Gasteiger partial charge on any atom is 0.306 e. The molecule has 0 aromatic heterocycles. The smallest absolute Gasteiger partial charge is 0.306 e. The zero-order valence-corrected chi connectivity index (χ0v) is 40.5. The highest BCUT2D eigenvalue weighted by atomic mass is 16.8. The first kappa shape index (κ1) is 59.8. The third kappa shape index (κ3) is 21.4. The molecule has 3 aliphatic heterocycles. The van der Waals surface area contributed by atoms with Crippen molar-refractivity contribution < 1.29 is 93.8 Å². The van der Waals surface area contributed by atoms with Crippen molar-refractivity contribution in [2.45, 2.75) is 267 Å². The molecule has 67 heavy (non-hydrogen) atoms. The molecule has 0 radical (unpaired) electrons. The van der Waals surface area contributed by atoms with Crippen molar-refractivity contribution in [1.82, 2.24) is 0 Å². The van der Waals surface area contributed by atoms with Crippen LogP contribution in [0, 0.1) is 5.92 Å². The van der Waals surface area contributed by atoms with Crippen molar-refractivity contribution in [3.05, 3.63) is 0 Å². The molecule has 0 bridgehead atoms. The van der Waals surface area contributed by atoms with E-state index in [0.717, 1.165) is 57.8 Å². The average molecular weight is 969 g/mol. The number of hydrogen-bond acceptors (Lipinski definition) is 19. The van der Waals surface area contributed by atoms with E-state index in [2.05, 4.69) is 0 Å². The number of ether oxygens (including phenoxy) is 7. The molecule has 0 amide bonds. The lowest BCUT2D eigenvalue weighted by molar-refractivity contribution is -0.380. The lowest BCUT2D eigenvalue weighted by atomic mass is 9.98. The van der Waals surface area contributed by atoms with E-state index in [9.17, 15) is 60.7 Å². The summed E-state index contributed by atoms with van der Waals surface area (Å²) in [5, 5.41) is 107. The number of rotatable bonds is 34. The van der Waals surface area contributed by atoms with Crippen molar-refractivity contribution >= 4 is 11.8 Å². The van der Waals surface area contributed by atoms with Crippen molar-refractivity contribution in [3.63, 3.8) is 0 Å². The summed E-state index contributed by atoms with van der Waals surface area (Å²) < 4.78 is 40.8. The van der Waals surface area contributed by atoms with E-state index in [-0.39, 0.29) is 24.7 Å².